The van der Waals surface area contributed by atoms with Crippen LogP contribution in [0.3, 0.4) is 0 Å². The number of hydrogen-bond donors (Lipinski definition) is 0. The Morgan fingerprint density at radius 3 is 1.88 bits per heavy atom. The van der Waals surface area contributed by atoms with Crippen LogP contribution in [0.1, 0.15) is 13.8 Å². The van der Waals surface area contributed by atoms with E-state index in [2.05, 4.69) is 0 Å². The number of hydrazine groups is 2. The number of halogens is 7. The molecule has 1 aliphatic heterocycles. The number of rotatable bonds is 1. The van der Waals surface area contributed by atoms with Crippen molar-refractivity contribution in [1.82, 2.24) is 15.8 Å². The van der Waals surface area contributed by atoms with Gasteiger partial charge in [0, 0.05) is 16.4 Å². The summed E-state index contributed by atoms with van der Waals surface area (Å²) < 4.78 is 90.3. The third-order valence-corrected chi connectivity index (χ3v) is 2.29. The van der Waals surface area contributed by atoms with Gasteiger partial charge in [-0.1, -0.05) is 18.3 Å². The summed E-state index contributed by atoms with van der Waals surface area (Å²) in [5, 5.41) is -5.50. The average Bonchev–Trinajstić information content (AvgIpc) is 2.21. The molecule has 0 aromatic rings. The van der Waals surface area contributed by atoms with E-state index in [9.17, 15) is 31.0 Å². The summed E-state index contributed by atoms with van der Waals surface area (Å²) in [6.07, 6.45) is -3.96. The second-order valence-electron chi connectivity index (χ2n) is 3.58. The molecule has 0 amide bonds. The summed E-state index contributed by atoms with van der Waals surface area (Å²) in [7, 11) is 0. The van der Waals surface area contributed by atoms with Crippen molar-refractivity contribution in [2.75, 3.05) is 0 Å². The molecule has 1 aliphatic rings. The molecule has 3 nitrogen and oxygen atoms in total. The summed E-state index contributed by atoms with van der Waals surface area (Å²) in [6.45, 7) is 1.55. The van der Waals surface area contributed by atoms with Crippen LogP contribution >= 0.6 is 0 Å². The topological polar surface area (TPSA) is 9.72 Å². The van der Waals surface area contributed by atoms with Gasteiger partial charge in [-0.25, -0.2) is 8.78 Å². The van der Waals surface area contributed by atoms with Gasteiger partial charge in [-0.05, 0) is 0 Å². The van der Waals surface area contributed by atoms with Crippen LogP contribution in [0.4, 0.5) is 31.0 Å². The first kappa shape index (κ1) is 13.5. The Balaban J connectivity index is 3.25. The van der Waals surface area contributed by atoms with Gasteiger partial charge in [-0.3, -0.25) is 0 Å². The maximum absolute atomic E-state index is 13.6. The van der Waals surface area contributed by atoms with Crippen molar-refractivity contribution >= 4 is 0 Å². The minimum Gasteiger partial charge on any atom is -0.219 e. The van der Waals surface area contributed by atoms with E-state index in [0.717, 1.165) is 13.8 Å². The van der Waals surface area contributed by atoms with E-state index >= 15 is 0 Å². The van der Waals surface area contributed by atoms with Gasteiger partial charge in [-0.15, -0.1) is 8.96 Å². The molecule has 0 saturated carbocycles. The van der Waals surface area contributed by atoms with Crippen molar-refractivity contribution in [2.45, 2.75) is 31.9 Å². The van der Waals surface area contributed by atoms with Gasteiger partial charge < -0.3 is 0 Å². The minimum absolute atomic E-state index is 0.773. The number of nitrogens with zero attached hydrogens (tertiary/aromatic N) is 3. The maximum atomic E-state index is 13.6. The largest absolute Gasteiger partial charge is 0.346 e. The molecule has 0 N–H and O–H groups in total. The molecule has 0 radical (unpaired) electrons. The second-order valence-corrected chi connectivity index (χ2v) is 3.58. The summed E-state index contributed by atoms with van der Waals surface area (Å²) in [5.74, 6) is -11.2. The summed E-state index contributed by atoms with van der Waals surface area (Å²) in [5.41, 5.74) is 0. The van der Waals surface area contributed by atoms with Crippen molar-refractivity contribution in [2.24, 2.45) is 5.92 Å². The van der Waals surface area contributed by atoms with Crippen molar-refractivity contribution in [3.8, 4) is 0 Å². The fourth-order valence-corrected chi connectivity index (χ4v) is 1.30. The predicted octanol–water partition coefficient (Wildman–Crippen LogP) is 2.64. The Hall–Kier alpha value is -0.610. The minimum atomic E-state index is -5.08. The second kappa shape index (κ2) is 3.70. The standard InChI is InChI=1S/C6H8F7N3/c1-3(2)6(10)5(8,9)4(7)14(11)16(13)15(6)12/h3-4H,1-2H3. The van der Waals surface area contributed by atoms with E-state index in [0.29, 0.717) is 0 Å². The van der Waals surface area contributed by atoms with Crippen LogP contribution in [0, 0.1) is 5.92 Å². The normalized spacial score (nSPS) is 38.2. The van der Waals surface area contributed by atoms with E-state index in [4.69, 9.17) is 0 Å². The van der Waals surface area contributed by atoms with Crippen LogP contribution in [0.15, 0.2) is 0 Å². The van der Waals surface area contributed by atoms with Crippen LogP contribution in [0.5, 0.6) is 0 Å². The average molecular weight is 255 g/mol. The molecule has 0 bridgehead atoms. The van der Waals surface area contributed by atoms with Crippen LogP contribution in [-0.4, -0.2) is 33.8 Å². The van der Waals surface area contributed by atoms with Crippen LogP contribution in [0.25, 0.3) is 0 Å². The van der Waals surface area contributed by atoms with E-state index in [1.54, 1.807) is 0 Å². The van der Waals surface area contributed by atoms with Gasteiger partial charge in [0.05, 0.1) is 5.34 Å². The molecule has 0 aromatic carbocycles. The molecule has 1 saturated heterocycles. The zero-order chi connectivity index (χ0) is 12.9. The molecule has 16 heavy (non-hydrogen) atoms. The quantitative estimate of drug-likeness (QED) is 0.405. The molecule has 0 spiro atoms. The first-order chi connectivity index (χ1) is 7.08. The highest BCUT2D eigenvalue weighted by molar-refractivity contribution is 4.97. The number of alkyl halides is 4. The molecule has 1 rings (SSSR count). The Bertz CT molecular complexity index is 275. The fourth-order valence-electron chi connectivity index (χ4n) is 1.30. The smallest absolute Gasteiger partial charge is 0.219 e. The lowest BCUT2D eigenvalue weighted by Gasteiger charge is -2.47. The molecule has 0 aliphatic carbocycles. The first-order valence-electron chi connectivity index (χ1n) is 4.16. The molecule has 2 unspecified atom stereocenters. The Labute approximate surface area is 85.7 Å². The van der Waals surface area contributed by atoms with Gasteiger partial charge in [0.1, 0.15) is 0 Å². The van der Waals surface area contributed by atoms with Gasteiger partial charge in [0.25, 0.3) is 12.1 Å². The van der Waals surface area contributed by atoms with E-state index in [1.165, 1.54) is 0 Å². The Morgan fingerprint density at radius 1 is 1.06 bits per heavy atom. The van der Waals surface area contributed by atoms with Gasteiger partial charge in [-0.2, -0.15) is 8.78 Å². The zero-order valence-corrected chi connectivity index (χ0v) is 8.14. The highest BCUT2D eigenvalue weighted by atomic mass is 19.3. The molecule has 1 fully saturated rings. The van der Waals surface area contributed by atoms with Crippen molar-refractivity contribution < 1.29 is 31.0 Å². The van der Waals surface area contributed by atoms with Gasteiger partial charge in [0.2, 0.25) is 0 Å². The van der Waals surface area contributed by atoms with Crippen LogP contribution < -0.4 is 0 Å². The Kier molecular flexibility index (Phi) is 3.12. The molecule has 1 heterocycles. The van der Waals surface area contributed by atoms with Crippen LogP contribution in [0.2, 0.25) is 0 Å². The summed E-state index contributed by atoms with van der Waals surface area (Å²) >= 11 is 0. The lowest BCUT2D eigenvalue weighted by Crippen LogP contribution is -2.73. The van der Waals surface area contributed by atoms with E-state index in [1.807, 2.05) is 0 Å². The highest BCUT2D eigenvalue weighted by Gasteiger charge is 2.74. The highest BCUT2D eigenvalue weighted by Crippen LogP contribution is 2.50. The van der Waals surface area contributed by atoms with Crippen molar-refractivity contribution in [3.63, 3.8) is 0 Å². The zero-order valence-electron chi connectivity index (χ0n) is 8.14. The third-order valence-electron chi connectivity index (χ3n) is 2.29. The Morgan fingerprint density at radius 2 is 1.50 bits per heavy atom. The molecule has 2 atom stereocenters. The molecular weight excluding hydrogens is 247 g/mol. The predicted molar refractivity (Wildman–Crippen MR) is 37.4 cm³/mol. The van der Waals surface area contributed by atoms with Crippen molar-refractivity contribution in [3.05, 3.63) is 0 Å². The fraction of sp³-hybridized carbons (Fsp3) is 1.00. The molecule has 96 valence electrons. The van der Waals surface area contributed by atoms with E-state index < -0.39 is 39.7 Å². The van der Waals surface area contributed by atoms with Crippen molar-refractivity contribution in [1.29, 1.82) is 0 Å². The molecule has 0 aromatic heterocycles. The molecular formula is C6H8F7N3. The first-order valence-corrected chi connectivity index (χ1v) is 4.16. The van der Waals surface area contributed by atoms with Crippen LogP contribution in [-0.2, 0) is 0 Å². The number of hydrogen-bond acceptors (Lipinski definition) is 3. The monoisotopic (exact) mass is 255 g/mol. The summed E-state index contributed by atoms with van der Waals surface area (Å²) in [4.78, 5) is 0. The molecule has 10 heteroatoms. The summed E-state index contributed by atoms with van der Waals surface area (Å²) in [6, 6.07) is 0. The third kappa shape index (κ3) is 1.39. The lowest BCUT2D eigenvalue weighted by molar-refractivity contribution is -0.552. The van der Waals surface area contributed by atoms with E-state index in [-0.39, 0.29) is 0 Å². The SMILES string of the molecule is CC(C)C1(F)N(F)N(F)N(F)C(F)C1(F)F. The maximum Gasteiger partial charge on any atom is 0.346 e. The van der Waals surface area contributed by atoms with Gasteiger partial charge in [0.15, 0.2) is 0 Å². The van der Waals surface area contributed by atoms with Gasteiger partial charge >= 0.3 is 5.92 Å². The lowest BCUT2D eigenvalue weighted by atomic mass is 9.93.